The third-order valence-corrected chi connectivity index (χ3v) is 3.99. The second-order valence-electron chi connectivity index (χ2n) is 6.18. The van der Waals surface area contributed by atoms with E-state index in [1.54, 1.807) is 37.2 Å². The number of esters is 1. The second kappa shape index (κ2) is 8.98. The van der Waals surface area contributed by atoms with Crippen LogP contribution in [0.5, 0.6) is 5.88 Å². The summed E-state index contributed by atoms with van der Waals surface area (Å²) < 4.78 is 11.8. The Morgan fingerprint density at radius 1 is 1.25 bits per heavy atom. The summed E-state index contributed by atoms with van der Waals surface area (Å²) in [5, 5.41) is 7.54. The zero-order valence-corrected chi connectivity index (χ0v) is 16.2. The number of ether oxygens (including phenoxy) is 2. The van der Waals surface area contributed by atoms with Crippen LogP contribution in [0.15, 0.2) is 42.9 Å². The van der Waals surface area contributed by atoms with Crippen molar-refractivity contribution in [3.05, 3.63) is 48.4 Å². The van der Waals surface area contributed by atoms with Crippen LogP contribution in [0.4, 0.5) is 11.6 Å². The summed E-state index contributed by atoms with van der Waals surface area (Å²) in [4.78, 5) is 20.0. The van der Waals surface area contributed by atoms with E-state index in [4.69, 9.17) is 9.47 Å². The van der Waals surface area contributed by atoms with Gasteiger partial charge in [0.15, 0.2) is 0 Å². The predicted octanol–water partition coefficient (Wildman–Crippen LogP) is 3.35. The van der Waals surface area contributed by atoms with E-state index in [1.807, 2.05) is 25.3 Å². The number of hydrogen-bond donors (Lipinski definition) is 1. The molecule has 0 saturated carbocycles. The van der Waals surface area contributed by atoms with E-state index in [-0.39, 0.29) is 5.97 Å². The molecule has 0 fully saturated rings. The predicted molar refractivity (Wildman–Crippen MR) is 106 cm³/mol. The zero-order chi connectivity index (χ0) is 19.9. The minimum absolute atomic E-state index is 0.222. The van der Waals surface area contributed by atoms with Crippen LogP contribution in [0.1, 0.15) is 18.9 Å². The number of hydrogen-bond acceptors (Lipinski definition) is 7. The molecule has 8 nitrogen and oxygen atoms in total. The summed E-state index contributed by atoms with van der Waals surface area (Å²) in [6, 6.07) is 7.78. The Morgan fingerprint density at radius 2 is 2.11 bits per heavy atom. The van der Waals surface area contributed by atoms with Crippen molar-refractivity contribution >= 4 is 17.6 Å². The number of carbonyl (C=O) groups excluding carboxylic acids is 1. The summed E-state index contributed by atoms with van der Waals surface area (Å²) >= 11 is 0. The number of methoxy groups -OCH3 is 1. The molecule has 1 aromatic carbocycles. The number of rotatable bonds is 8. The van der Waals surface area contributed by atoms with E-state index in [1.165, 1.54) is 0 Å². The van der Waals surface area contributed by atoms with E-state index < -0.39 is 0 Å². The van der Waals surface area contributed by atoms with Crippen molar-refractivity contribution in [1.29, 1.82) is 0 Å². The van der Waals surface area contributed by atoms with Gasteiger partial charge >= 0.3 is 5.97 Å². The van der Waals surface area contributed by atoms with Gasteiger partial charge in [-0.3, -0.25) is 9.48 Å². The van der Waals surface area contributed by atoms with Gasteiger partial charge in [-0.2, -0.15) is 10.1 Å². The van der Waals surface area contributed by atoms with Gasteiger partial charge < -0.3 is 14.8 Å². The summed E-state index contributed by atoms with van der Waals surface area (Å²) in [5.41, 5.74) is 3.92. The van der Waals surface area contributed by atoms with Gasteiger partial charge in [-0.25, -0.2) is 4.98 Å². The fraction of sp³-hybridized carbons (Fsp3) is 0.300. The Bertz CT molecular complexity index is 955. The van der Waals surface area contributed by atoms with Crippen LogP contribution in [0.25, 0.3) is 11.1 Å². The van der Waals surface area contributed by atoms with Crippen molar-refractivity contribution < 1.29 is 14.3 Å². The molecule has 0 amide bonds. The lowest BCUT2D eigenvalue weighted by Crippen LogP contribution is -2.09. The van der Waals surface area contributed by atoms with Gasteiger partial charge in [0.1, 0.15) is 0 Å². The first-order valence-corrected chi connectivity index (χ1v) is 9.01. The molecule has 0 unspecified atom stereocenters. The molecule has 2 heterocycles. The van der Waals surface area contributed by atoms with Crippen molar-refractivity contribution in [1.82, 2.24) is 19.7 Å². The molecule has 0 aliphatic rings. The highest BCUT2D eigenvalue weighted by atomic mass is 16.5. The van der Waals surface area contributed by atoms with Gasteiger partial charge in [0.05, 0.1) is 32.9 Å². The van der Waals surface area contributed by atoms with Crippen molar-refractivity contribution in [3.8, 4) is 17.0 Å². The van der Waals surface area contributed by atoms with E-state index in [9.17, 15) is 4.79 Å². The fourth-order valence-electron chi connectivity index (χ4n) is 2.74. The van der Waals surface area contributed by atoms with Crippen LogP contribution in [-0.4, -0.2) is 39.4 Å². The van der Waals surface area contributed by atoms with E-state index >= 15 is 0 Å². The molecule has 0 aliphatic heterocycles. The topological polar surface area (TPSA) is 91.2 Å². The molecule has 28 heavy (non-hydrogen) atoms. The highest BCUT2D eigenvalue weighted by molar-refractivity contribution is 5.70. The third-order valence-electron chi connectivity index (χ3n) is 3.99. The Balaban J connectivity index is 1.75. The van der Waals surface area contributed by atoms with Gasteiger partial charge in [-0.1, -0.05) is 6.07 Å². The van der Waals surface area contributed by atoms with Crippen LogP contribution >= 0.6 is 0 Å². The molecule has 0 aliphatic carbocycles. The van der Waals surface area contributed by atoms with Crippen LogP contribution in [-0.2, 0) is 16.1 Å². The molecule has 0 saturated heterocycles. The Kier molecular flexibility index (Phi) is 6.21. The van der Waals surface area contributed by atoms with E-state index in [2.05, 4.69) is 26.4 Å². The molecule has 3 aromatic rings. The van der Waals surface area contributed by atoms with Crippen LogP contribution in [0, 0.1) is 6.92 Å². The molecule has 146 valence electrons. The fourth-order valence-corrected chi connectivity index (χ4v) is 2.74. The van der Waals surface area contributed by atoms with Gasteiger partial charge in [0.2, 0.25) is 11.8 Å². The standard InChI is InChI=1S/C20H23N5O3/c1-4-28-19(26)6-8-25-13-16(12-22-25)15-9-14(2)10-17(11-15)23-20-21-7-5-18(24-20)27-3/h5,7,9-13H,4,6,8H2,1-3H3,(H,21,23,24). The van der Waals surface area contributed by atoms with Crippen molar-refractivity contribution in [2.45, 2.75) is 26.8 Å². The number of aromatic nitrogens is 4. The number of anilines is 2. The molecule has 0 spiro atoms. The summed E-state index contributed by atoms with van der Waals surface area (Å²) in [5.74, 6) is 0.731. The highest BCUT2D eigenvalue weighted by Gasteiger charge is 2.08. The van der Waals surface area contributed by atoms with Gasteiger partial charge in [0.25, 0.3) is 0 Å². The average Bonchev–Trinajstić information content (AvgIpc) is 3.15. The Hall–Kier alpha value is -3.42. The average molecular weight is 381 g/mol. The molecule has 3 rings (SSSR count). The van der Waals surface area contributed by atoms with Crippen LogP contribution in [0.2, 0.25) is 0 Å². The van der Waals surface area contributed by atoms with Gasteiger partial charge in [-0.15, -0.1) is 0 Å². The lowest BCUT2D eigenvalue weighted by Gasteiger charge is -2.09. The maximum Gasteiger partial charge on any atom is 0.307 e. The molecule has 0 atom stereocenters. The minimum atomic E-state index is -0.222. The summed E-state index contributed by atoms with van der Waals surface area (Å²) in [6.45, 7) is 4.68. The monoisotopic (exact) mass is 381 g/mol. The molecule has 8 heteroatoms. The Labute approximate surface area is 163 Å². The SMILES string of the molecule is CCOC(=O)CCn1cc(-c2cc(C)cc(Nc3nccc(OC)n3)c2)cn1. The lowest BCUT2D eigenvalue weighted by atomic mass is 10.1. The molecular weight excluding hydrogens is 358 g/mol. The van der Waals surface area contributed by atoms with E-state index in [0.717, 1.165) is 22.4 Å². The Morgan fingerprint density at radius 3 is 2.89 bits per heavy atom. The smallest absolute Gasteiger partial charge is 0.307 e. The summed E-state index contributed by atoms with van der Waals surface area (Å²) in [6.07, 6.45) is 5.63. The molecule has 1 N–H and O–H groups in total. The number of carbonyl (C=O) groups is 1. The molecular formula is C20H23N5O3. The first-order chi connectivity index (χ1) is 13.6. The summed E-state index contributed by atoms with van der Waals surface area (Å²) in [7, 11) is 1.57. The van der Waals surface area contributed by atoms with Crippen LogP contribution < -0.4 is 10.1 Å². The zero-order valence-electron chi connectivity index (χ0n) is 16.2. The number of benzene rings is 1. The highest BCUT2D eigenvalue weighted by Crippen LogP contribution is 2.26. The van der Waals surface area contributed by atoms with Crippen molar-refractivity contribution in [2.24, 2.45) is 0 Å². The minimum Gasteiger partial charge on any atom is -0.481 e. The molecule has 2 aromatic heterocycles. The van der Waals surface area contributed by atoms with Gasteiger partial charge in [0, 0.05) is 29.7 Å². The number of nitrogens with zero attached hydrogens (tertiary/aromatic N) is 4. The second-order valence-corrected chi connectivity index (χ2v) is 6.18. The largest absolute Gasteiger partial charge is 0.481 e. The van der Waals surface area contributed by atoms with Gasteiger partial charge in [-0.05, 0) is 37.1 Å². The quantitative estimate of drug-likeness (QED) is 0.598. The number of aryl methyl sites for hydroxylation is 2. The van der Waals surface area contributed by atoms with Crippen molar-refractivity contribution in [2.75, 3.05) is 19.0 Å². The molecule has 0 radical (unpaired) electrons. The lowest BCUT2D eigenvalue weighted by molar-refractivity contribution is -0.143. The van der Waals surface area contributed by atoms with Crippen molar-refractivity contribution in [3.63, 3.8) is 0 Å². The normalized spacial score (nSPS) is 10.5. The van der Waals surface area contributed by atoms with E-state index in [0.29, 0.717) is 31.4 Å². The first-order valence-electron chi connectivity index (χ1n) is 9.01. The maximum atomic E-state index is 11.5. The number of nitrogens with one attached hydrogen (secondary N) is 1. The third kappa shape index (κ3) is 5.06. The van der Waals surface area contributed by atoms with Crippen LogP contribution in [0.3, 0.4) is 0 Å². The first kappa shape index (κ1) is 19.3. The molecule has 0 bridgehead atoms. The maximum absolute atomic E-state index is 11.5.